The van der Waals surface area contributed by atoms with Gasteiger partial charge in [0, 0.05) is 13.3 Å². The molecule has 2 rings (SSSR count). The van der Waals surface area contributed by atoms with Crippen LogP contribution < -0.4 is 0 Å². The summed E-state index contributed by atoms with van der Waals surface area (Å²) >= 11 is 0. The summed E-state index contributed by atoms with van der Waals surface area (Å²) in [5.41, 5.74) is 3.17. The second-order valence-corrected chi connectivity index (χ2v) is 3.96. The summed E-state index contributed by atoms with van der Waals surface area (Å²) in [5, 5.41) is 13.6. The van der Waals surface area contributed by atoms with E-state index in [1.165, 1.54) is 0 Å². The van der Waals surface area contributed by atoms with E-state index in [1.54, 1.807) is 17.9 Å². The highest BCUT2D eigenvalue weighted by Crippen LogP contribution is 2.16. The summed E-state index contributed by atoms with van der Waals surface area (Å²) < 4.78 is 1.63. The lowest BCUT2D eigenvalue weighted by atomic mass is 10.0. The van der Waals surface area contributed by atoms with E-state index in [0.29, 0.717) is 12.2 Å². The Labute approximate surface area is 101 Å². The van der Waals surface area contributed by atoms with E-state index in [0.717, 1.165) is 36.4 Å². The van der Waals surface area contributed by atoms with Gasteiger partial charge in [-0.05, 0) is 6.42 Å². The van der Waals surface area contributed by atoms with Crippen molar-refractivity contribution >= 4 is 11.9 Å². The monoisotopic (exact) mass is 229 g/mol. The molecule has 0 atom stereocenters. The number of nitriles is 1. The first-order valence-electron chi connectivity index (χ1n) is 5.78. The molecule has 0 radical (unpaired) electrons. The van der Waals surface area contributed by atoms with Gasteiger partial charge in [-0.2, -0.15) is 10.4 Å². The van der Waals surface area contributed by atoms with Crippen molar-refractivity contribution in [2.45, 2.75) is 19.8 Å². The molecule has 1 aromatic heterocycles. The fourth-order valence-corrected chi connectivity index (χ4v) is 1.95. The third-order valence-electron chi connectivity index (χ3n) is 2.69. The van der Waals surface area contributed by atoms with Gasteiger partial charge in [0.15, 0.2) is 0 Å². The maximum absolute atomic E-state index is 9.20. The predicted molar refractivity (Wildman–Crippen MR) is 66.7 cm³/mol. The summed E-state index contributed by atoms with van der Waals surface area (Å²) in [7, 11) is 1.79. The van der Waals surface area contributed by atoms with Crippen molar-refractivity contribution in [3.05, 3.63) is 17.0 Å². The lowest BCUT2D eigenvalue weighted by Gasteiger charge is -2.06. The van der Waals surface area contributed by atoms with Crippen molar-refractivity contribution in [3.63, 3.8) is 0 Å². The van der Waals surface area contributed by atoms with Gasteiger partial charge in [0.1, 0.15) is 11.8 Å². The van der Waals surface area contributed by atoms with E-state index in [-0.39, 0.29) is 0 Å². The molecule has 5 heteroatoms. The van der Waals surface area contributed by atoms with Gasteiger partial charge in [-0.15, -0.1) is 0 Å². The van der Waals surface area contributed by atoms with Crippen LogP contribution in [-0.2, 0) is 13.5 Å². The van der Waals surface area contributed by atoms with Crippen LogP contribution in [0.25, 0.3) is 0 Å². The topological polar surface area (TPSA) is 66.3 Å². The Bertz CT molecular complexity index is 516. The van der Waals surface area contributed by atoms with Crippen molar-refractivity contribution in [2.75, 3.05) is 13.1 Å². The van der Waals surface area contributed by atoms with Gasteiger partial charge in [0.2, 0.25) is 0 Å². The van der Waals surface area contributed by atoms with E-state index in [4.69, 9.17) is 0 Å². The molecule has 0 aliphatic carbocycles. The minimum atomic E-state index is 0.570. The molecule has 1 aromatic rings. The van der Waals surface area contributed by atoms with Crippen LogP contribution in [0.1, 0.15) is 30.3 Å². The summed E-state index contributed by atoms with van der Waals surface area (Å²) in [6.45, 7) is 3.52. The standard InChI is InChI=1S/C12H15N5/c1-3-4-9-12(10-8-14-5-6-15-10)11(7-13)17(2)16-9/h8H,3-6H2,1-2H3. The van der Waals surface area contributed by atoms with Gasteiger partial charge in [-0.25, -0.2) is 0 Å². The lowest BCUT2D eigenvalue weighted by Crippen LogP contribution is -2.13. The molecule has 0 saturated carbocycles. The molecule has 0 bridgehead atoms. The number of hydrogen-bond donors (Lipinski definition) is 0. The van der Waals surface area contributed by atoms with Crippen LogP contribution in [0, 0.1) is 11.3 Å². The molecule has 5 nitrogen and oxygen atoms in total. The number of rotatable bonds is 3. The van der Waals surface area contributed by atoms with Gasteiger partial charge < -0.3 is 0 Å². The largest absolute Gasteiger partial charge is 0.289 e. The normalized spacial score (nSPS) is 14.5. The van der Waals surface area contributed by atoms with Crippen LogP contribution in [0.4, 0.5) is 0 Å². The Morgan fingerprint density at radius 2 is 2.29 bits per heavy atom. The van der Waals surface area contributed by atoms with Gasteiger partial charge in [0.05, 0.1) is 30.1 Å². The number of aliphatic imine (C=N–C) groups is 2. The number of aromatic nitrogens is 2. The predicted octanol–water partition coefficient (Wildman–Crippen LogP) is 1.12. The lowest BCUT2D eigenvalue weighted by molar-refractivity contribution is 0.725. The highest BCUT2D eigenvalue weighted by Gasteiger charge is 2.19. The van der Waals surface area contributed by atoms with Gasteiger partial charge in [0.25, 0.3) is 0 Å². The first-order valence-corrected chi connectivity index (χ1v) is 5.78. The molecule has 0 spiro atoms. The van der Waals surface area contributed by atoms with E-state index < -0.39 is 0 Å². The smallest absolute Gasteiger partial charge is 0.147 e. The second-order valence-electron chi connectivity index (χ2n) is 3.96. The van der Waals surface area contributed by atoms with E-state index in [1.807, 2.05) is 0 Å². The second kappa shape index (κ2) is 4.91. The molecule has 0 fully saturated rings. The fourth-order valence-electron chi connectivity index (χ4n) is 1.95. The molecule has 0 unspecified atom stereocenters. The molecular weight excluding hydrogens is 214 g/mol. The van der Waals surface area contributed by atoms with Crippen molar-refractivity contribution < 1.29 is 0 Å². The van der Waals surface area contributed by atoms with Crippen molar-refractivity contribution in [2.24, 2.45) is 17.0 Å². The summed E-state index contributed by atoms with van der Waals surface area (Å²) in [4.78, 5) is 8.65. The Morgan fingerprint density at radius 1 is 1.47 bits per heavy atom. The molecule has 1 aliphatic rings. The third-order valence-corrected chi connectivity index (χ3v) is 2.69. The van der Waals surface area contributed by atoms with Gasteiger partial charge in [-0.1, -0.05) is 13.3 Å². The van der Waals surface area contributed by atoms with Gasteiger partial charge >= 0.3 is 0 Å². The molecule has 88 valence electrons. The summed E-state index contributed by atoms with van der Waals surface area (Å²) in [6, 6.07) is 2.20. The number of nitrogens with zero attached hydrogens (tertiary/aromatic N) is 5. The number of aryl methyl sites for hydroxylation is 2. The van der Waals surface area contributed by atoms with E-state index in [9.17, 15) is 5.26 Å². The molecule has 2 heterocycles. The average molecular weight is 229 g/mol. The Hall–Kier alpha value is -1.96. The van der Waals surface area contributed by atoms with Crippen LogP contribution >= 0.6 is 0 Å². The molecule has 1 aliphatic heterocycles. The SMILES string of the molecule is CCCc1nn(C)c(C#N)c1C1=NCCN=C1. The highest BCUT2D eigenvalue weighted by atomic mass is 15.3. The first kappa shape index (κ1) is 11.5. The summed E-state index contributed by atoms with van der Waals surface area (Å²) in [6.07, 6.45) is 3.61. The average Bonchev–Trinajstić information content (AvgIpc) is 2.67. The van der Waals surface area contributed by atoms with Crippen molar-refractivity contribution in [1.82, 2.24) is 9.78 Å². The Morgan fingerprint density at radius 3 is 2.88 bits per heavy atom. The number of hydrogen-bond acceptors (Lipinski definition) is 4. The minimum Gasteiger partial charge on any atom is -0.289 e. The summed E-state index contributed by atoms with van der Waals surface area (Å²) in [5.74, 6) is 0. The van der Waals surface area contributed by atoms with E-state index >= 15 is 0 Å². The molecule has 0 amide bonds. The van der Waals surface area contributed by atoms with Crippen LogP contribution in [-0.4, -0.2) is 34.8 Å². The van der Waals surface area contributed by atoms with Crippen molar-refractivity contribution in [1.29, 1.82) is 5.26 Å². The highest BCUT2D eigenvalue weighted by molar-refractivity contribution is 6.39. The first-order chi connectivity index (χ1) is 8.27. The van der Waals surface area contributed by atoms with Crippen LogP contribution in [0.5, 0.6) is 0 Å². The Kier molecular flexibility index (Phi) is 3.33. The zero-order chi connectivity index (χ0) is 12.3. The van der Waals surface area contributed by atoms with Crippen molar-refractivity contribution in [3.8, 4) is 6.07 Å². The maximum atomic E-state index is 9.20. The minimum absolute atomic E-state index is 0.570. The zero-order valence-electron chi connectivity index (χ0n) is 10.1. The maximum Gasteiger partial charge on any atom is 0.147 e. The molecule has 17 heavy (non-hydrogen) atoms. The van der Waals surface area contributed by atoms with Crippen LogP contribution in [0.3, 0.4) is 0 Å². The quantitative estimate of drug-likeness (QED) is 0.779. The zero-order valence-corrected chi connectivity index (χ0v) is 10.1. The fraction of sp³-hybridized carbons (Fsp3) is 0.500. The third kappa shape index (κ3) is 2.11. The van der Waals surface area contributed by atoms with Crippen LogP contribution in [0.15, 0.2) is 9.98 Å². The van der Waals surface area contributed by atoms with Crippen LogP contribution in [0.2, 0.25) is 0 Å². The van der Waals surface area contributed by atoms with E-state index in [2.05, 4.69) is 28.1 Å². The molecule has 0 aromatic carbocycles. The van der Waals surface area contributed by atoms with Gasteiger partial charge in [-0.3, -0.25) is 14.7 Å². The molecule has 0 N–H and O–H groups in total. The Balaban J connectivity index is 2.53. The molecular formula is C12H15N5. The molecule has 0 saturated heterocycles.